The standard InChI is InChI=1S/C17H36N6O3Si/c1-18-15-21-16(19-2)23-17(22-15)20-13-11-9-7-5-3-4-6-8-10-12-14-27(24,25)26/h24-26H,3-14H2,1-2H3,(H3,18,19,20,21,22,23). The molecule has 0 saturated heterocycles. The number of anilines is 3. The van der Waals surface area contributed by atoms with E-state index in [-0.39, 0.29) is 6.04 Å². The highest BCUT2D eigenvalue weighted by Gasteiger charge is 2.25. The van der Waals surface area contributed by atoms with Crippen molar-refractivity contribution in [3.8, 4) is 0 Å². The molecule has 0 amide bonds. The van der Waals surface area contributed by atoms with Crippen LogP contribution in [0.1, 0.15) is 64.2 Å². The molecule has 156 valence electrons. The van der Waals surface area contributed by atoms with Crippen LogP contribution in [-0.4, -0.2) is 58.8 Å². The van der Waals surface area contributed by atoms with Crippen LogP contribution in [0, 0.1) is 0 Å². The summed E-state index contributed by atoms with van der Waals surface area (Å²) in [5.41, 5.74) is 0. The largest absolute Gasteiger partial charge is 0.492 e. The Hall–Kier alpha value is -1.49. The molecule has 0 spiro atoms. The Kier molecular flexibility index (Phi) is 11.9. The maximum Gasteiger partial charge on any atom is 0.492 e. The highest BCUT2D eigenvalue weighted by Crippen LogP contribution is 2.13. The Balaban J connectivity index is 1.95. The first-order chi connectivity index (χ1) is 12.9. The predicted molar refractivity (Wildman–Crippen MR) is 111 cm³/mol. The van der Waals surface area contributed by atoms with Crippen LogP contribution < -0.4 is 16.0 Å². The van der Waals surface area contributed by atoms with E-state index < -0.39 is 8.80 Å². The van der Waals surface area contributed by atoms with Crippen LogP contribution in [0.4, 0.5) is 17.8 Å². The van der Waals surface area contributed by atoms with Gasteiger partial charge in [0.15, 0.2) is 0 Å². The molecular formula is C17H36N6O3Si. The molecule has 0 aliphatic heterocycles. The van der Waals surface area contributed by atoms with Crippen LogP contribution in [-0.2, 0) is 0 Å². The Morgan fingerprint density at radius 2 is 1.04 bits per heavy atom. The van der Waals surface area contributed by atoms with Gasteiger partial charge in [0.25, 0.3) is 0 Å². The van der Waals surface area contributed by atoms with Gasteiger partial charge in [0.1, 0.15) is 0 Å². The molecule has 0 fully saturated rings. The van der Waals surface area contributed by atoms with E-state index in [1.165, 1.54) is 38.5 Å². The first-order valence-electron chi connectivity index (χ1n) is 9.97. The predicted octanol–water partition coefficient (Wildman–Crippen LogP) is 2.18. The third-order valence-electron chi connectivity index (χ3n) is 4.30. The molecule has 1 aromatic rings. The van der Waals surface area contributed by atoms with E-state index in [0.717, 1.165) is 25.8 Å². The van der Waals surface area contributed by atoms with Gasteiger partial charge in [0.05, 0.1) is 0 Å². The minimum absolute atomic E-state index is 0.165. The van der Waals surface area contributed by atoms with Gasteiger partial charge < -0.3 is 30.3 Å². The van der Waals surface area contributed by atoms with E-state index in [4.69, 9.17) is 14.4 Å². The fourth-order valence-electron chi connectivity index (χ4n) is 2.78. The molecule has 9 nitrogen and oxygen atoms in total. The van der Waals surface area contributed by atoms with Crippen LogP contribution in [0.15, 0.2) is 0 Å². The summed E-state index contributed by atoms with van der Waals surface area (Å²) in [5, 5.41) is 9.08. The number of hydrogen-bond donors (Lipinski definition) is 6. The zero-order valence-corrected chi connectivity index (χ0v) is 17.7. The van der Waals surface area contributed by atoms with Crippen molar-refractivity contribution in [2.24, 2.45) is 0 Å². The lowest BCUT2D eigenvalue weighted by Gasteiger charge is -2.08. The molecule has 10 heteroatoms. The molecular weight excluding hydrogens is 364 g/mol. The van der Waals surface area contributed by atoms with Gasteiger partial charge in [-0.15, -0.1) is 0 Å². The fraction of sp³-hybridized carbons (Fsp3) is 0.824. The zero-order chi connectivity index (χ0) is 20.0. The average Bonchev–Trinajstić information content (AvgIpc) is 2.64. The molecule has 1 heterocycles. The van der Waals surface area contributed by atoms with E-state index in [1.807, 2.05) is 0 Å². The minimum atomic E-state index is -3.81. The Morgan fingerprint density at radius 3 is 1.48 bits per heavy atom. The highest BCUT2D eigenvalue weighted by atomic mass is 28.4. The van der Waals surface area contributed by atoms with Crippen molar-refractivity contribution in [2.75, 3.05) is 36.6 Å². The molecule has 0 bridgehead atoms. The Bertz CT molecular complexity index is 494. The molecule has 0 aliphatic carbocycles. The summed E-state index contributed by atoms with van der Waals surface area (Å²) in [6, 6.07) is 0.165. The third-order valence-corrected chi connectivity index (χ3v) is 5.33. The second kappa shape index (κ2) is 13.6. The van der Waals surface area contributed by atoms with E-state index in [0.29, 0.717) is 24.3 Å². The quantitative estimate of drug-likeness (QED) is 0.182. The van der Waals surface area contributed by atoms with Gasteiger partial charge in [-0.25, -0.2) is 0 Å². The lowest BCUT2D eigenvalue weighted by Crippen LogP contribution is -2.33. The average molecular weight is 401 g/mol. The summed E-state index contributed by atoms with van der Waals surface area (Å²) in [4.78, 5) is 39.5. The van der Waals surface area contributed by atoms with Crippen LogP contribution in [0.3, 0.4) is 0 Å². The maximum absolute atomic E-state index is 8.92. The first-order valence-corrected chi connectivity index (χ1v) is 12.0. The molecule has 0 radical (unpaired) electrons. The Labute approximate surface area is 163 Å². The minimum Gasteiger partial charge on any atom is -0.390 e. The molecule has 1 aromatic heterocycles. The van der Waals surface area contributed by atoms with Gasteiger partial charge in [0.2, 0.25) is 17.8 Å². The summed E-state index contributed by atoms with van der Waals surface area (Å²) in [6.45, 7) is 0.849. The number of hydrogen-bond acceptors (Lipinski definition) is 9. The van der Waals surface area contributed by atoms with E-state index in [9.17, 15) is 0 Å². The van der Waals surface area contributed by atoms with Gasteiger partial charge in [-0.3, -0.25) is 0 Å². The fourth-order valence-corrected chi connectivity index (χ4v) is 3.50. The third kappa shape index (κ3) is 12.5. The van der Waals surface area contributed by atoms with Gasteiger partial charge in [-0.2, -0.15) is 15.0 Å². The first kappa shape index (κ1) is 23.5. The van der Waals surface area contributed by atoms with Crippen molar-refractivity contribution < 1.29 is 14.4 Å². The summed E-state index contributed by atoms with van der Waals surface area (Å²) < 4.78 is 0. The number of nitrogens with one attached hydrogen (secondary N) is 3. The maximum atomic E-state index is 8.92. The molecule has 1 rings (SSSR count). The molecule has 0 saturated carbocycles. The smallest absolute Gasteiger partial charge is 0.390 e. The van der Waals surface area contributed by atoms with Gasteiger partial charge in [0, 0.05) is 26.7 Å². The second-order valence-corrected chi connectivity index (χ2v) is 8.84. The number of nitrogens with zero attached hydrogens (tertiary/aromatic N) is 3. The normalized spacial score (nSPS) is 11.4. The van der Waals surface area contributed by atoms with Crippen molar-refractivity contribution in [3.05, 3.63) is 0 Å². The van der Waals surface area contributed by atoms with Crippen LogP contribution in [0.5, 0.6) is 0 Å². The molecule has 6 N–H and O–H groups in total. The van der Waals surface area contributed by atoms with E-state index in [2.05, 4.69) is 30.9 Å². The second-order valence-electron chi connectivity index (χ2n) is 6.79. The molecule has 0 atom stereocenters. The van der Waals surface area contributed by atoms with Crippen LogP contribution in [0.25, 0.3) is 0 Å². The van der Waals surface area contributed by atoms with Crippen LogP contribution in [0.2, 0.25) is 6.04 Å². The highest BCUT2D eigenvalue weighted by molar-refractivity contribution is 6.56. The number of unbranched alkanes of at least 4 members (excludes halogenated alkanes) is 9. The SMILES string of the molecule is CNc1nc(NC)nc(NCCCCCCCCCCCC[Si](O)(O)O)n1. The van der Waals surface area contributed by atoms with Crippen molar-refractivity contribution in [3.63, 3.8) is 0 Å². The molecule has 27 heavy (non-hydrogen) atoms. The number of aromatic nitrogens is 3. The molecule has 0 aliphatic rings. The van der Waals surface area contributed by atoms with Gasteiger partial charge in [-0.1, -0.05) is 51.4 Å². The lowest BCUT2D eigenvalue weighted by atomic mass is 10.1. The molecule has 0 unspecified atom stereocenters. The monoisotopic (exact) mass is 400 g/mol. The summed E-state index contributed by atoms with van der Waals surface area (Å²) >= 11 is 0. The lowest BCUT2D eigenvalue weighted by molar-refractivity contribution is 0.226. The number of rotatable bonds is 16. The molecule has 0 aromatic carbocycles. The van der Waals surface area contributed by atoms with Crippen molar-refractivity contribution in [2.45, 2.75) is 70.3 Å². The van der Waals surface area contributed by atoms with Gasteiger partial charge in [-0.05, 0) is 12.8 Å². The van der Waals surface area contributed by atoms with Gasteiger partial charge >= 0.3 is 8.80 Å². The van der Waals surface area contributed by atoms with Crippen LogP contribution >= 0.6 is 0 Å². The summed E-state index contributed by atoms with van der Waals surface area (Å²) in [5.74, 6) is 1.67. The zero-order valence-electron chi connectivity index (χ0n) is 16.7. The summed E-state index contributed by atoms with van der Waals surface area (Å²) in [7, 11) is -0.245. The Morgan fingerprint density at radius 1 is 0.630 bits per heavy atom. The summed E-state index contributed by atoms with van der Waals surface area (Å²) in [6.07, 6.45) is 11.2. The van der Waals surface area contributed by atoms with Crippen molar-refractivity contribution >= 4 is 26.6 Å². The van der Waals surface area contributed by atoms with Crippen molar-refractivity contribution in [1.82, 2.24) is 15.0 Å². The topological polar surface area (TPSA) is 135 Å². The van der Waals surface area contributed by atoms with E-state index >= 15 is 0 Å². The van der Waals surface area contributed by atoms with Crippen molar-refractivity contribution in [1.29, 1.82) is 0 Å². The van der Waals surface area contributed by atoms with E-state index in [1.54, 1.807) is 14.1 Å².